The van der Waals surface area contributed by atoms with E-state index in [2.05, 4.69) is 41.9 Å². The van der Waals surface area contributed by atoms with E-state index in [0.717, 1.165) is 30.7 Å². The first-order valence-electron chi connectivity index (χ1n) is 7.87. The molecule has 0 N–H and O–H groups in total. The molecule has 0 aliphatic carbocycles. The number of rotatable bonds is 5. The zero-order chi connectivity index (χ0) is 13.9. The fraction of sp³-hybridized carbons (Fsp3) is 0.588. The van der Waals surface area contributed by atoms with Crippen molar-refractivity contribution in [2.45, 2.75) is 39.2 Å². The van der Waals surface area contributed by atoms with Gasteiger partial charge >= 0.3 is 0 Å². The Kier molecular flexibility index (Phi) is 4.06. The van der Waals surface area contributed by atoms with Gasteiger partial charge in [-0.1, -0.05) is 19.9 Å². The van der Waals surface area contributed by atoms with Crippen LogP contribution in [0.3, 0.4) is 0 Å². The molecule has 108 valence electrons. The molecule has 3 nitrogen and oxygen atoms in total. The van der Waals surface area contributed by atoms with Gasteiger partial charge in [-0.15, -0.1) is 0 Å². The number of fused-ring (bicyclic) bond motifs is 3. The van der Waals surface area contributed by atoms with Gasteiger partial charge in [0.05, 0.1) is 11.9 Å². The Morgan fingerprint density at radius 3 is 2.80 bits per heavy atom. The summed E-state index contributed by atoms with van der Waals surface area (Å²) in [6, 6.07) is 4.70. The van der Waals surface area contributed by atoms with Gasteiger partial charge in [0.25, 0.3) is 0 Å². The predicted octanol–water partition coefficient (Wildman–Crippen LogP) is 1.53. The highest BCUT2D eigenvalue weighted by Crippen LogP contribution is 2.23. The van der Waals surface area contributed by atoms with Crippen LogP contribution in [0.25, 0.3) is 6.08 Å². The summed E-state index contributed by atoms with van der Waals surface area (Å²) in [5, 5.41) is 2.46. The number of nitrogens with zero attached hydrogens (tertiary/aromatic N) is 2. The van der Waals surface area contributed by atoms with E-state index in [1.807, 2.05) is 0 Å². The standard InChI is InChI=1S/C17H24N2O/c1-3-9-19(10-4-2)13-11-15-14-7-8-18-16(14)5-6-17(15)20-12-13/h5-7,13H,3-4,8-12H2,1-2H3. The molecule has 0 saturated carbocycles. The van der Waals surface area contributed by atoms with Crippen molar-refractivity contribution in [1.82, 2.24) is 4.90 Å². The Hall–Kier alpha value is -1.35. The van der Waals surface area contributed by atoms with Crippen LogP contribution >= 0.6 is 0 Å². The van der Waals surface area contributed by atoms with Crippen molar-refractivity contribution >= 4 is 6.08 Å². The minimum Gasteiger partial charge on any atom is -0.492 e. The van der Waals surface area contributed by atoms with Crippen LogP contribution in [0, 0.1) is 0 Å². The highest BCUT2D eigenvalue weighted by atomic mass is 16.5. The highest BCUT2D eigenvalue weighted by molar-refractivity contribution is 5.43. The van der Waals surface area contributed by atoms with Gasteiger partial charge in [-0.05, 0) is 44.5 Å². The molecule has 0 spiro atoms. The quantitative estimate of drug-likeness (QED) is 0.812. The van der Waals surface area contributed by atoms with Crippen molar-refractivity contribution < 1.29 is 4.74 Å². The molecule has 20 heavy (non-hydrogen) atoms. The molecule has 0 amide bonds. The van der Waals surface area contributed by atoms with Crippen LogP contribution in [0.1, 0.15) is 32.3 Å². The minimum atomic E-state index is 0.517. The first kappa shape index (κ1) is 13.6. The number of ether oxygens (including phenoxy) is 1. The minimum absolute atomic E-state index is 0.517. The van der Waals surface area contributed by atoms with Gasteiger partial charge in [-0.2, -0.15) is 0 Å². The largest absolute Gasteiger partial charge is 0.492 e. The molecule has 2 aliphatic heterocycles. The Labute approximate surface area is 121 Å². The summed E-state index contributed by atoms with van der Waals surface area (Å²) in [4.78, 5) is 7.12. The van der Waals surface area contributed by atoms with Gasteiger partial charge in [0, 0.05) is 16.8 Å². The van der Waals surface area contributed by atoms with Crippen LogP contribution in [0.4, 0.5) is 0 Å². The number of benzene rings is 1. The molecule has 0 fully saturated rings. The topological polar surface area (TPSA) is 24.8 Å². The summed E-state index contributed by atoms with van der Waals surface area (Å²) in [7, 11) is 0. The zero-order valence-corrected chi connectivity index (χ0v) is 12.6. The molecule has 3 rings (SSSR count). The van der Waals surface area contributed by atoms with Gasteiger partial charge in [-0.3, -0.25) is 9.89 Å². The van der Waals surface area contributed by atoms with Crippen molar-refractivity contribution in [3.63, 3.8) is 0 Å². The van der Waals surface area contributed by atoms with Crippen LogP contribution in [0.2, 0.25) is 0 Å². The van der Waals surface area contributed by atoms with Gasteiger partial charge in [0.15, 0.2) is 0 Å². The Morgan fingerprint density at radius 1 is 1.25 bits per heavy atom. The molecule has 0 aromatic heterocycles. The van der Waals surface area contributed by atoms with Crippen LogP contribution < -0.4 is 15.3 Å². The SMILES string of the molecule is CCCN(CCC)C1COc2ccc3c(c2C1)=CCN=3. The lowest BCUT2D eigenvalue weighted by Gasteiger charge is -2.35. The molecule has 0 bridgehead atoms. The summed E-state index contributed by atoms with van der Waals surface area (Å²) >= 11 is 0. The van der Waals surface area contributed by atoms with Crippen LogP contribution in [-0.4, -0.2) is 37.2 Å². The average molecular weight is 272 g/mol. The van der Waals surface area contributed by atoms with Crippen molar-refractivity contribution in [3.8, 4) is 5.75 Å². The maximum Gasteiger partial charge on any atom is 0.123 e. The van der Waals surface area contributed by atoms with Crippen molar-refractivity contribution in [2.75, 3.05) is 26.2 Å². The Morgan fingerprint density at radius 2 is 2.05 bits per heavy atom. The molecule has 2 heterocycles. The van der Waals surface area contributed by atoms with Crippen LogP contribution in [0.15, 0.2) is 17.1 Å². The number of hydrogen-bond donors (Lipinski definition) is 0. The van der Waals surface area contributed by atoms with E-state index in [4.69, 9.17) is 4.74 Å². The normalized spacial score (nSPS) is 19.9. The lowest BCUT2D eigenvalue weighted by molar-refractivity contribution is 0.118. The van der Waals surface area contributed by atoms with Crippen LogP contribution in [0.5, 0.6) is 5.75 Å². The van der Waals surface area contributed by atoms with E-state index in [9.17, 15) is 0 Å². The van der Waals surface area contributed by atoms with E-state index in [1.54, 1.807) is 0 Å². The van der Waals surface area contributed by atoms with Crippen molar-refractivity contribution in [2.24, 2.45) is 4.99 Å². The summed E-state index contributed by atoms with van der Waals surface area (Å²) in [6.45, 7) is 8.49. The lowest BCUT2D eigenvalue weighted by atomic mass is 9.98. The second kappa shape index (κ2) is 5.96. The van der Waals surface area contributed by atoms with Gasteiger partial charge in [0.1, 0.15) is 12.4 Å². The summed E-state index contributed by atoms with van der Waals surface area (Å²) < 4.78 is 6.03. The second-order valence-electron chi connectivity index (χ2n) is 5.72. The van der Waals surface area contributed by atoms with Gasteiger partial charge in [0.2, 0.25) is 0 Å². The molecule has 1 aromatic rings. The molecule has 1 aromatic carbocycles. The molecule has 1 atom stereocenters. The molecule has 0 radical (unpaired) electrons. The van der Waals surface area contributed by atoms with Crippen molar-refractivity contribution in [3.05, 3.63) is 28.3 Å². The van der Waals surface area contributed by atoms with Crippen LogP contribution in [-0.2, 0) is 6.42 Å². The fourth-order valence-corrected chi connectivity index (χ4v) is 3.35. The third-order valence-corrected chi connectivity index (χ3v) is 4.26. The van der Waals surface area contributed by atoms with Gasteiger partial charge < -0.3 is 4.74 Å². The summed E-state index contributed by atoms with van der Waals surface area (Å²) in [6.07, 6.45) is 5.75. The molecule has 3 heteroatoms. The highest BCUT2D eigenvalue weighted by Gasteiger charge is 2.25. The molecule has 0 saturated heterocycles. The predicted molar refractivity (Wildman–Crippen MR) is 81.7 cm³/mol. The van der Waals surface area contributed by atoms with E-state index in [1.165, 1.54) is 36.7 Å². The molecule has 1 unspecified atom stereocenters. The van der Waals surface area contributed by atoms with E-state index in [0.29, 0.717) is 6.04 Å². The first-order valence-corrected chi connectivity index (χ1v) is 7.87. The van der Waals surface area contributed by atoms with E-state index in [-0.39, 0.29) is 0 Å². The monoisotopic (exact) mass is 272 g/mol. The summed E-state index contributed by atoms with van der Waals surface area (Å²) in [5.41, 5.74) is 1.37. The zero-order valence-electron chi connectivity index (χ0n) is 12.6. The second-order valence-corrected chi connectivity index (χ2v) is 5.72. The van der Waals surface area contributed by atoms with Gasteiger partial charge in [-0.25, -0.2) is 0 Å². The fourth-order valence-electron chi connectivity index (χ4n) is 3.35. The smallest absolute Gasteiger partial charge is 0.123 e. The van der Waals surface area contributed by atoms with E-state index < -0.39 is 0 Å². The Bertz CT molecular complexity index is 588. The maximum absolute atomic E-state index is 6.03. The molecular formula is C17H24N2O. The lowest BCUT2D eigenvalue weighted by Crippen LogP contribution is -2.46. The third-order valence-electron chi connectivity index (χ3n) is 4.26. The third kappa shape index (κ3) is 2.47. The number of hydrogen-bond acceptors (Lipinski definition) is 3. The molecule has 2 aliphatic rings. The summed E-state index contributed by atoms with van der Waals surface area (Å²) in [5.74, 6) is 1.07. The Balaban J connectivity index is 1.88. The average Bonchev–Trinajstić information content (AvgIpc) is 2.95. The first-order chi connectivity index (χ1) is 9.83. The van der Waals surface area contributed by atoms with Crippen molar-refractivity contribution in [1.29, 1.82) is 0 Å². The van der Waals surface area contributed by atoms with E-state index >= 15 is 0 Å². The maximum atomic E-state index is 6.03. The molecular weight excluding hydrogens is 248 g/mol.